The maximum atomic E-state index is 6.19. The van der Waals surface area contributed by atoms with Crippen LogP contribution in [0.5, 0.6) is 0 Å². The van der Waals surface area contributed by atoms with E-state index in [2.05, 4.69) is 27.5 Å². The van der Waals surface area contributed by atoms with Crippen LogP contribution in [0.4, 0.5) is 11.8 Å². The Morgan fingerprint density at radius 3 is 2.89 bits per heavy atom. The second-order valence-electron chi connectivity index (χ2n) is 5.29. The minimum atomic E-state index is 0.462. The van der Waals surface area contributed by atoms with Crippen LogP contribution in [0, 0.1) is 5.92 Å². The Kier molecular flexibility index (Phi) is 5.25. The molecule has 1 aromatic rings. The van der Waals surface area contributed by atoms with Crippen molar-refractivity contribution in [2.45, 2.75) is 52.0 Å². The molecule has 1 aliphatic carbocycles. The highest BCUT2D eigenvalue weighted by atomic mass is 35.5. The highest BCUT2D eigenvalue weighted by Crippen LogP contribution is 2.28. The van der Waals surface area contributed by atoms with Crippen LogP contribution in [0.2, 0.25) is 5.02 Å². The van der Waals surface area contributed by atoms with Crippen LogP contribution in [-0.4, -0.2) is 22.6 Å². The highest BCUT2D eigenvalue weighted by molar-refractivity contribution is 6.32. The van der Waals surface area contributed by atoms with E-state index < -0.39 is 0 Å². The summed E-state index contributed by atoms with van der Waals surface area (Å²) in [6, 6.07) is 0.462. The molecule has 1 saturated carbocycles. The molecule has 1 aromatic heterocycles. The molecule has 1 fully saturated rings. The van der Waals surface area contributed by atoms with Gasteiger partial charge in [-0.3, -0.25) is 0 Å². The Bertz CT molecular complexity index is 410. The average molecular weight is 283 g/mol. The molecule has 0 amide bonds. The molecular weight excluding hydrogens is 260 g/mol. The lowest BCUT2D eigenvalue weighted by Crippen LogP contribution is -2.27. The lowest BCUT2D eigenvalue weighted by molar-refractivity contribution is 0.455. The summed E-state index contributed by atoms with van der Waals surface area (Å²) in [6.45, 7) is 5.14. The van der Waals surface area contributed by atoms with Crippen molar-refractivity contribution in [1.82, 2.24) is 9.97 Å². The van der Waals surface area contributed by atoms with Gasteiger partial charge in [-0.15, -0.1) is 0 Å². The van der Waals surface area contributed by atoms with Gasteiger partial charge in [0.25, 0.3) is 0 Å². The van der Waals surface area contributed by atoms with E-state index in [0.29, 0.717) is 22.9 Å². The van der Waals surface area contributed by atoms with Gasteiger partial charge in [0, 0.05) is 12.6 Å². The summed E-state index contributed by atoms with van der Waals surface area (Å²) >= 11 is 6.19. The predicted molar refractivity (Wildman–Crippen MR) is 80.9 cm³/mol. The third-order valence-corrected chi connectivity index (χ3v) is 4.04. The summed E-state index contributed by atoms with van der Waals surface area (Å²) in [7, 11) is 0. The first kappa shape index (κ1) is 14.4. The molecule has 1 aliphatic rings. The molecule has 4 nitrogen and oxygen atoms in total. The van der Waals surface area contributed by atoms with Crippen LogP contribution in [-0.2, 0) is 0 Å². The Morgan fingerprint density at radius 1 is 1.32 bits per heavy atom. The second kappa shape index (κ2) is 6.94. The largest absolute Gasteiger partial charge is 0.366 e. The molecule has 19 heavy (non-hydrogen) atoms. The van der Waals surface area contributed by atoms with Gasteiger partial charge in [0.1, 0.15) is 5.02 Å². The molecular formula is C14H23ClN4. The van der Waals surface area contributed by atoms with Crippen molar-refractivity contribution in [2.75, 3.05) is 17.2 Å². The van der Waals surface area contributed by atoms with Crippen LogP contribution < -0.4 is 10.6 Å². The van der Waals surface area contributed by atoms with E-state index in [9.17, 15) is 0 Å². The number of aromatic nitrogens is 2. The number of halogens is 1. The number of hydrogen-bond acceptors (Lipinski definition) is 4. The van der Waals surface area contributed by atoms with Crippen molar-refractivity contribution in [2.24, 2.45) is 5.92 Å². The van der Waals surface area contributed by atoms with Crippen molar-refractivity contribution in [3.8, 4) is 0 Å². The number of hydrogen-bond donors (Lipinski definition) is 2. The van der Waals surface area contributed by atoms with E-state index in [1.54, 1.807) is 6.20 Å². The SMILES string of the molecule is CCNc1ncc(Cl)c(NC2CCCCCC2C)n1. The third kappa shape index (κ3) is 3.96. The number of anilines is 2. The molecule has 2 unspecified atom stereocenters. The van der Waals surface area contributed by atoms with E-state index in [-0.39, 0.29) is 0 Å². The number of nitrogens with zero attached hydrogens (tertiary/aromatic N) is 2. The second-order valence-corrected chi connectivity index (χ2v) is 5.69. The average Bonchev–Trinajstić information content (AvgIpc) is 2.59. The maximum absolute atomic E-state index is 6.19. The molecule has 0 aromatic carbocycles. The molecule has 0 radical (unpaired) electrons. The highest BCUT2D eigenvalue weighted by Gasteiger charge is 2.21. The van der Waals surface area contributed by atoms with Crippen molar-refractivity contribution in [3.63, 3.8) is 0 Å². The summed E-state index contributed by atoms with van der Waals surface area (Å²) in [5.41, 5.74) is 0. The Morgan fingerprint density at radius 2 is 2.11 bits per heavy atom. The summed E-state index contributed by atoms with van der Waals surface area (Å²) in [5, 5.41) is 7.23. The topological polar surface area (TPSA) is 49.8 Å². The zero-order chi connectivity index (χ0) is 13.7. The van der Waals surface area contributed by atoms with Gasteiger partial charge in [0.15, 0.2) is 5.82 Å². The fraction of sp³-hybridized carbons (Fsp3) is 0.714. The lowest BCUT2D eigenvalue weighted by Gasteiger charge is -2.24. The quantitative estimate of drug-likeness (QED) is 0.821. The number of rotatable bonds is 4. The fourth-order valence-electron chi connectivity index (χ4n) is 2.59. The maximum Gasteiger partial charge on any atom is 0.224 e. The van der Waals surface area contributed by atoms with Gasteiger partial charge in [-0.05, 0) is 25.7 Å². The fourth-order valence-corrected chi connectivity index (χ4v) is 2.74. The van der Waals surface area contributed by atoms with Gasteiger partial charge >= 0.3 is 0 Å². The Hall–Kier alpha value is -1.03. The molecule has 1 heterocycles. The molecule has 0 spiro atoms. The van der Waals surface area contributed by atoms with E-state index in [1.807, 2.05) is 6.92 Å². The minimum absolute atomic E-state index is 0.462. The number of nitrogens with one attached hydrogen (secondary N) is 2. The van der Waals surface area contributed by atoms with Crippen LogP contribution in [0.15, 0.2) is 6.20 Å². The van der Waals surface area contributed by atoms with Crippen molar-refractivity contribution >= 4 is 23.4 Å². The van der Waals surface area contributed by atoms with Gasteiger partial charge in [-0.25, -0.2) is 4.98 Å². The lowest BCUT2D eigenvalue weighted by atomic mass is 9.97. The van der Waals surface area contributed by atoms with Gasteiger partial charge in [0.05, 0.1) is 6.20 Å². The standard InChI is InChI=1S/C14H23ClN4/c1-3-16-14-17-9-11(15)13(19-14)18-12-8-6-4-5-7-10(12)2/h9-10,12H,3-8H2,1-2H3,(H2,16,17,18,19). The first-order chi connectivity index (χ1) is 9.20. The first-order valence-corrected chi connectivity index (χ1v) is 7.61. The first-order valence-electron chi connectivity index (χ1n) is 7.23. The van der Waals surface area contributed by atoms with Crippen molar-refractivity contribution in [1.29, 1.82) is 0 Å². The Labute approximate surface area is 120 Å². The van der Waals surface area contributed by atoms with E-state index >= 15 is 0 Å². The third-order valence-electron chi connectivity index (χ3n) is 3.76. The van der Waals surface area contributed by atoms with E-state index in [0.717, 1.165) is 12.4 Å². The van der Waals surface area contributed by atoms with Gasteiger partial charge < -0.3 is 10.6 Å². The molecule has 2 N–H and O–H groups in total. The van der Waals surface area contributed by atoms with Gasteiger partial charge in [-0.2, -0.15) is 4.98 Å². The van der Waals surface area contributed by atoms with Crippen LogP contribution in [0.3, 0.4) is 0 Å². The molecule has 0 aliphatic heterocycles. The van der Waals surface area contributed by atoms with E-state index in [1.165, 1.54) is 32.1 Å². The van der Waals surface area contributed by atoms with Gasteiger partial charge in [0.2, 0.25) is 5.95 Å². The molecule has 0 bridgehead atoms. The molecule has 5 heteroatoms. The van der Waals surface area contributed by atoms with Crippen molar-refractivity contribution < 1.29 is 0 Å². The monoisotopic (exact) mass is 282 g/mol. The smallest absolute Gasteiger partial charge is 0.224 e. The predicted octanol–water partition coefficient (Wildman–Crippen LogP) is 3.94. The zero-order valence-electron chi connectivity index (χ0n) is 11.7. The van der Waals surface area contributed by atoms with Crippen LogP contribution >= 0.6 is 11.6 Å². The summed E-state index contributed by atoms with van der Waals surface area (Å²) < 4.78 is 0. The van der Waals surface area contributed by atoms with E-state index in [4.69, 9.17) is 11.6 Å². The summed E-state index contributed by atoms with van der Waals surface area (Å²) in [6.07, 6.45) is 8.08. The normalized spacial score (nSPS) is 23.7. The summed E-state index contributed by atoms with van der Waals surface area (Å²) in [5.74, 6) is 2.05. The Balaban J connectivity index is 2.09. The molecule has 106 valence electrons. The minimum Gasteiger partial charge on any atom is -0.366 e. The summed E-state index contributed by atoms with van der Waals surface area (Å²) in [4.78, 5) is 8.62. The van der Waals surface area contributed by atoms with Crippen molar-refractivity contribution in [3.05, 3.63) is 11.2 Å². The van der Waals surface area contributed by atoms with Crippen LogP contribution in [0.25, 0.3) is 0 Å². The molecule has 2 atom stereocenters. The van der Waals surface area contributed by atoms with Gasteiger partial charge in [-0.1, -0.05) is 37.8 Å². The zero-order valence-corrected chi connectivity index (χ0v) is 12.5. The molecule has 2 rings (SSSR count). The molecule has 0 saturated heterocycles. The van der Waals surface area contributed by atoms with Crippen LogP contribution in [0.1, 0.15) is 46.0 Å².